The van der Waals surface area contributed by atoms with Gasteiger partial charge in [-0.05, 0) is 30.5 Å². The lowest BCUT2D eigenvalue weighted by Gasteiger charge is -2.05. The van der Waals surface area contributed by atoms with Crippen LogP contribution in [0.5, 0.6) is 0 Å². The maximum absolute atomic E-state index is 12.1. The quantitative estimate of drug-likeness (QED) is 0.733. The average molecular weight is 380 g/mol. The number of carbonyl (C=O) groups excluding carboxylic acids is 1. The number of halogens is 1. The first-order valence-corrected chi connectivity index (χ1v) is 8.63. The predicted molar refractivity (Wildman–Crippen MR) is 93.1 cm³/mol. The largest absolute Gasteiger partial charge is 0.446 e. The van der Waals surface area contributed by atoms with Gasteiger partial charge in [-0.3, -0.25) is 4.79 Å². The highest BCUT2D eigenvalue weighted by atomic mass is 79.9. The van der Waals surface area contributed by atoms with Crippen LogP contribution in [0.2, 0.25) is 0 Å². The van der Waals surface area contributed by atoms with E-state index in [1.165, 1.54) is 6.26 Å². The van der Waals surface area contributed by atoms with E-state index in [0.717, 1.165) is 35.7 Å². The number of rotatable bonds is 8. The molecular formula is C17H22BrN3O2. The van der Waals surface area contributed by atoms with Gasteiger partial charge in [0.15, 0.2) is 5.69 Å². The van der Waals surface area contributed by atoms with Crippen LogP contribution in [0, 0.1) is 0 Å². The summed E-state index contributed by atoms with van der Waals surface area (Å²) in [5, 5.41) is 2.84. The summed E-state index contributed by atoms with van der Waals surface area (Å²) in [5.41, 5.74) is 7.43. The number of benzene rings is 1. The van der Waals surface area contributed by atoms with Crippen molar-refractivity contribution in [2.45, 2.75) is 38.6 Å². The highest BCUT2D eigenvalue weighted by Gasteiger charge is 2.16. The second-order valence-corrected chi connectivity index (χ2v) is 6.37. The molecule has 0 radical (unpaired) electrons. The van der Waals surface area contributed by atoms with Crippen LogP contribution in [0.4, 0.5) is 0 Å². The zero-order chi connectivity index (χ0) is 16.7. The van der Waals surface area contributed by atoms with Crippen molar-refractivity contribution in [1.29, 1.82) is 0 Å². The summed E-state index contributed by atoms with van der Waals surface area (Å²) >= 11 is 3.40. The molecule has 0 aliphatic carbocycles. The van der Waals surface area contributed by atoms with Crippen LogP contribution in [0.15, 0.2) is 39.4 Å². The molecule has 2 aromatic rings. The van der Waals surface area contributed by atoms with Gasteiger partial charge in [0.2, 0.25) is 5.89 Å². The van der Waals surface area contributed by atoms with E-state index >= 15 is 0 Å². The fraction of sp³-hybridized carbons (Fsp3) is 0.412. The molecular weight excluding hydrogens is 358 g/mol. The van der Waals surface area contributed by atoms with Crippen molar-refractivity contribution in [3.63, 3.8) is 0 Å². The lowest BCUT2D eigenvalue weighted by atomic mass is 10.1. The van der Waals surface area contributed by atoms with E-state index in [-0.39, 0.29) is 17.6 Å². The summed E-state index contributed by atoms with van der Waals surface area (Å²) in [6, 6.07) is 7.77. The lowest BCUT2D eigenvalue weighted by Crippen LogP contribution is -2.26. The van der Waals surface area contributed by atoms with Gasteiger partial charge in [0, 0.05) is 11.0 Å². The standard InChI is InChI=1S/C17H22BrN3O2/c1-2-3-4-14(19)17-21-15(11-23-17)16(22)20-10-9-12-5-7-13(18)8-6-12/h5-8,11,14H,2-4,9-10,19H2,1H3,(H,20,22). The molecule has 0 aliphatic heterocycles. The smallest absolute Gasteiger partial charge is 0.273 e. The molecule has 2 rings (SSSR count). The molecule has 23 heavy (non-hydrogen) atoms. The van der Waals surface area contributed by atoms with Gasteiger partial charge >= 0.3 is 0 Å². The van der Waals surface area contributed by atoms with Crippen LogP contribution in [0.25, 0.3) is 0 Å². The normalized spacial score (nSPS) is 12.1. The number of oxazole rings is 1. The van der Waals surface area contributed by atoms with Crippen LogP contribution < -0.4 is 11.1 Å². The second-order valence-electron chi connectivity index (χ2n) is 5.45. The number of carbonyl (C=O) groups is 1. The summed E-state index contributed by atoms with van der Waals surface area (Å²) in [4.78, 5) is 16.2. The van der Waals surface area contributed by atoms with Crippen molar-refractivity contribution in [1.82, 2.24) is 10.3 Å². The molecule has 1 aromatic carbocycles. The van der Waals surface area contributed by atoms with Crippen molar-refractivity contribution in [2.24, 2.45) is 5.73 Å². The fourth-order valence-corrected chi connectivity index (χ4v) is 2.44. The van der Waals surface area contributed by atoms with Crippen molar-refractivity contribution < 1.29 is 9.21 Å². The number of aromatic nitrogens is 1. The molecule has 1 aromatic heterocycles. The topological polar surface area (TPSA) is 81.1 Å². The molecule has 0 fully saturated rings. The third kappa shape index (κ3) is 5.48. The Morgan fingerprint density at radius 1 is 1.39 bits per heavy atom. The minimum Gasteiger partial charge on any atom is -0.446 e. The first-order valence-electron chi connectivity index (χ1n) is 7.83. The van der Waals surface area contributed by atoms with E-state index in [0.29, 0.717) is 12.4 Å². The highest BCUT2D eigenvalue weighted by Crippen LogP contribution is 2.16. The Morgan fingerprint density at radius 3 is 2.83 bits per heavy atom. The Kier molecular flexibility index (Phi) is 6.80. The van der Waals surface area contributed by atoms with Gasteiger partial charge in [-0.25, -0.2) is 4.98 Å². The number of nitrogens with zero attached hydrogens (tertiary/aromatic N) is 1. The Bertz CT molecular complexity index is 625. The Labute approximate surface area is 144 Å². The maximum atomic E-state index is 12.1. The maximum Gasteiger partial charge on any atom is 0.273 e. The van der Waals surface area contributed by atoms with Gasteiger partial charge in [0.25, 0.3) is 5.91 Å². The van der Waals surface area contributed by atoms with Crippen LogP contribution in [-0.2, 0) is 6.42 Å². The zero-order valence-electron chi connectivity index (χ0n) is 13.2. The van der Waals surface area contributed by atoms with Crippen molar-refractivity contribution in [2.75, 3.05) is 6.54 Å². The number of unbranched alkanes of at least 4 members (excludes halogenated alkanes) is 1. The molecule has 0 spiro atoms. The zero-order valence-corrected chi connectivity index (χ0v) is 14.8. The molecule has 6 heteroatoms. The molecule has 1 heterocycles. The summed E-state index contributed by atoms with van der Waals surface area (Å²) < 4.78 is 6.36. The van der Waals surface area contributed by atoms with Gasteiger partial charge in [0.05, 0.1) is 6.04 Å². The van der Waals surface area contributed by atoms with E-state index in [2.05, 4.69) is 33.2 Å². The number of hydrogen-bond acceptors (Lipinski definition) is 4. The molecule has 1 unspecified atom stereocenters. The minimum absolute atomic E-state index is 0.236. The first kappa shape index (κ1) is 17.7. The highest BCUT2D eigenvalue weighted by molar-refractivity contribution is 9.10. The molecule has 1 atom stereocenters. The van der Waals surface area contributed by atoms with E-state index in [4.69, 9.17) is 10.2 Å². The van der Waals surface area contributed by atoms with Gasteiger partial charge < -0.3 is 15.5 Å². The second kappa shape index (κ2) is 8.84. The number of hydrogen-bond donors (Lipinski definition) is 2. The minimum atomic E-state index is -0.251. The average Bonchev–Trinajstić information content (AvgIpc) is 3.04. The molecule has 5 nitrogen and oxygen atoms in total. The molecule has 0 bridgehead atoms. The summed E-state index contributed by atoms with van der Waals surface area (Å²) in [6.07, 6.45) is 5.02. The Morgan fingerprint density at radius 2 is 2.13 bits per heavy atom. The number of nitrogens with two attached hydrogens (primary N) is 1. The predicted octanol–water partition coefficient (Wildman–Crippen LogP) is 3.60. The summed E-state index contributed by atoms with van der Waals surface area (Å²) in [5.74, 6) is 0.191. The molecule has 0 saturated carbocycles. The van der Waals surface area contributed by atoms with Crippen molar-refractivity contribution in [3.05, 3.63) is 52.1 Å². The van der Waals surface area contributed by atoms with Crippen LogP contribution in [0.3, 0.4) is 0 Å². The van der Waals surface area contributed by atoms with Crippen molar-refractivity contribution >= 4 is 21.8 Å². The van der Waals surface area contributed by atoms with Gasteiger partial charge in [-0.2, -0.15) is 0 Å². The third-order valence-corrected chi connectivity index (χ3v) is 4.08. The van der Waals surface area contributed by atoms with Gasteiger partial charge in [0.1, 0.15) is 6.26 Å². The third-order valence-electron chi connectivity index (χ3n) is 3.55. The molecule has 1 amide bonds. The van der Waals surface area contributed by atoms with Gasteiger partial charge in [-0.15, -0.1) is 0 Å². The summed E-state index contributed by atoms with van der Waals surface area (Å²) in [6.45, 7) is 2.65. The molecule has 0 saturated heterocycles. The molecule has 0 aliphatic rings. The lowest BCUT2D eigenvalue weighted by molar-refractivity contribution is 0.0949. The van der Waals surface area contributed by atoms with E-state index < -0.39 is 0 Å². The first-order chi connectivity index (χ1) is 11.1. The molecule has 3 N–H and O–H groups in total. The van der Waals surface area contributed by atoms with Crippen LogP contribution in [-0.4, -0.2) is 17.4 Å². The fourth-order valence-electron chi connectivity index (χ4n) is 2.17. The van der Waals surface area contributed by atoms with Crippen LogP contribution in [0.1, 0.15) is 54.2 Å². The Hall–Kier alpha value is -1.66. The number of nitrogens with one attached hydrogen (secondary N) is 1. The van der Waals surface area contributed by atoms with Crippen molar-refractivity contribution in [3.8, 4) is 0 Å². The van der Waals surface area contributed by atoms with Gasteiger partial charge in [-0.1, -0.05) is 47.8 Å². The Balaban J connectivity index is 1.81. The monoisotopic (exact) mass is 379 g/mol. The number of amides is 1. The molecule has 124 valence electrons. The van der Waals surface area contributed by atoms with Crippen LogP contribution >= 0.6 is 15.9 Å². The summed E-state index contributed by atoms with van der Waals surface area (Å²) in [7, 11) is 0. The van der Waals surface area contributed by atoms with E-state index in [9.17, 15) is 4.79 Å². The van der Waals surface area contributed by atoms with E-state index in [1.54, 1.807) is 0 Å². The van der Waals surface area contributed by atoms with E-state index in [1.807, 2.05) is 24.3 Å². The SMILES string of the molecule is CCCCC(N)c1nc(C(=O)NCCc2ccc(Br)cc2)co1.